The summed E-state index contributed by atoms with van der Waals surface area (Å²) < 4.78 is 0.367. The molecule has 0 amide bonds. The summed E-state index contributed by atoms with van der Waals surface area (Å²) in [7, 11) is 0. The van der Waals surface area contributed by atoms with Gasteiger partial charge in [-0.1, -0.05) is 18.2 Å². The molecule has 0 unspecified atom stereocenters. The second-order valence-electron chi connectivity index (χ2n) is 3.44. The summed E-state index contributed by atoms with van der Waals surface area (Å²) in [4.78, 5) is 22.3. The summed E-state index contributed by atoms with van der Waals surface area (Å²) in [5.41, 5.74) is -0.0401. The summed E-state index contributed by atoms with van der Waals surface area (Å²) >= 11 is 3.13. The molecule has 2 rings (SSSR count). The molecule has 0 saturated carbocycles. The number of halogens is 1. The molecular formula is C12H7BrO4. The highest BCUT2D eigenvalue weighted by atomic mass is 79.9. The molecule has 0 aromatic heterocycles. The molecule has 17 heavy (non-hydrogen) atoms. The Morgan fingerprint density at radius 1 is 1.00 bits per heavy atom. The molecule has 0 atom stereocenters. The molecule has 0 aliphatic heterocycles. The van der Waals surface area contributed by atoms with Gasteiger partial charge in [0.1, 0.15) is 0 Å². The molecule has 0 saturated heterocycles. The summed E-state index contributed by atoms with van der Waals surface area (Å²) in [6.45, 7) is 0. The summed E-state index contributed by atoms with van der Waals surface area (Å²) in [5.74, 6) is -2.30. The first-order valence-corrected chi connectivity index (χ1v) is 5.49. The van der Waals surface area contributed by atoms with Crippen molar-refractivity contribution in [2.24, 2.45) is 0 Å². The van der Waals surface area contributed by atoms with Crippen molar-refractivity contribution in [1.29, 1.82) is 0 Å². The SMILES string of the molecule is O=C(O)c1cccc2ccc(Br)c(C(=O)O)c12. The Morgan fingerprint density at radius 3 is 2.29 bits per heavy atom. The molecule has 0 heterocycles. The number of hydrogen-bond acceptors (Lipinski definition) is 2. The monoisotopic (exact) mass is 294 g/mol. The Hall–Kier alpha value is -1.88. The molecule has 86 valence electrons. The maximum absolute atomic E-state index is 11.2. The number of carboxylic acid groups (broad SMARTS) is 2. The molecule has 0 fully saturated rings. The number of fused-ring (bicyclic) bond motifs is 1. The van der Waals surface area contributed by atoms with E-state index in [0.717, 1.165) is 0 Å². The van der Waals surface area contributed by atoms with E-state index in [1.807, 2.05) is 0 Å². The van der Waals surface area contributed by atoms with E-state index in [1.165, 1.54) is 6.07 Å². The van der Waals surface area contributed by atoms with Crippen LogP contribution in [-0.4, -0.2) is 22.2 Å². The molecule has 2 aromatic rings. The predicted molar refractivity (Wildman–Crippen MR) is 65.6 cm³/mol. The van der Waals surface area contributed by atoms with Crippen LogP contribution in [0.2, 0.25) is 0 Å². The van der Waals surface area contributed by atoms with Gasteiger partial charge in [-0.2, -0.15) is 0 Å². The van der Waals surface area contributed by atoms with Gasteiger partial charge in [-0.3, -0.25) is 0 Å². The predicted octanol–water partition coefficient (Wildman–Crippen LogP) is 3.00. The summed E-state index contributed by atoms with van der Waals surface area (Å²) in [5, 5.41) is 19.0. The fraction of sp³-hybridized carbons (Fsp3) is 0. The minimum Gasteiger partial charge on any atom is -0.478 e. The molecule has 0 aliphatic carbocycles. The van der Waals surface area contributed by atoms with Crippen LogP contribution in [0.4, 0.5) is 0 Å². The molecule has 2 N–H and O–H groups in total. The molecule has 0 bridgehead atoms. The number of carbonyl (C=O) groups is 2. The Labute approximate surface area is 105 Å². The fourth-order valence-electron chi connectivity index (χ4n) is 1.74. The van der Waals surface area contributed by atoms with E-state index in [-0.39, 0.29) is 16.5 Å². The zero-order valence-corrected chi connectivity index (χ0v) is 10.1. The van der Waals surface area contributed by atoms with Crippen molar-refractivity contribution in [2.45, 2.75) is 0 Å². The van der Waals surface area contributed by atoms with E-state index in [4.69, 9.17) is 10.2 Å². The quantitative estimate of drug-likeness (QED) is 0.893. The van der Waals surface area contributed by atoms with Crippen molar-refractivity contribution in [3.63, 3.8) is 0 Å². The maximum Gasteiger partial charge on any atom is 0.337 e. The van der Waals surface area contributed by atoms with E-state index >= 15 is 0 Å². The van der Waals surface area contributed by atoms with Gasteiger partial charge in [0, 0.05) is 9.86 Å². The third-order valence-electron chi connectivity index (χ3n) is 2.44. The number of hydrogen-bond donors (Lipinski definition) is 2. The van der Waals surface area contributed by atoms with Crippen molar-refractivity contribution in [2.75, 3.05) is 0 Å². The minimum absolute atomic E-state index is 0.0128. The zero-order chi connectivity index (χ0) is 12.6. The van der Waals surface area contributed by atoms with Crippen LogP contribution in [0.25, 0.3) is 10.8 Å². The smallest absolute Gasteiger partial charge is 0.337 e. The van der Waals surface area contributed by atoms with Gasteiger partial charge in [-0.05, 0) is 33.4 Å². The van der Waals surface area contributed by atoms with Gasteiger partial charge in [0.2, 0.25) is 0 Å². The number of benzene rings is 2. The Bertz CT molecular complexity index is 634. The fourth-order valence-corrected chi connectivity index (χ4v) is 2.24. The van der Waals surface area contributed by atoms with Crippen LogP contribution in [0, 0.1) is 0 Å². The summed E-state index contributed by atoms with van der Waals surface area (Å²) in [6.07, 6.45) is 0. The zero-order valence-electron chi connectivity index (χ0n) is 8.48. The van der Waals surface area contributed by atoms with Crippen LogP contribution in [-0.2, 0) is 0 Å². The lowest BCUT2D eigenvalue weighted by Gasteiger charge is -2.07. The lowest BCUT2D eigenvalue weighted by Crippen LogP contribution is -2.04. The van der Waals surface area contributed by atoms with Crippen LogP contribution < -0.4 is 0 Å². The van der Waals surface area contributed by atoms with Crippen molar-refractivity contribution in [3.8, 4) is 0 Å². The largest absolute Gasteiger partial charge is 0.478 e. The molecule has 2 aromatic carbocycles. The van der Waals surface area contributed by atoms with Crippen LogP contribution in [0.15, 0.2) is 34.8 Å². The van der Waals surface area contributed by atoms with Crippen molar-refractivity contribution < 1.29 is 19.8 Å². The first kappa shape index (κ1) is 11.6. The molecule has 5 heteroatoms. The topological polar surface area (TPSA) is 74.6 Å². The molecule has 0 radical (unpaired) electrons. The Balaban J connectivity index is 2.99. The average molecular weight is 295 g/mol. The van der Waals surface area contributed by atoms with Crippen LogP contribution in [0.1, 0.15) is 20.7 Å². The van der Waals surface area contributed by atoms with Crippen LogP contribution in [0.5, 0.6) is 0 Å². The number of aromatic carboxylic acids is 2. The van der Waals surface area contributed by atoms with Crippen molar-refractivity contribution in [3.05, 3.63) is 45.9 Å². The highest BCUT2D eigenvalue weighted by Gasteiger charge is 2.18. The first-order valence-electron chi connectivity index (χ1n) is 4.70. The van der Waals surface area contributed by atoms with Gasteiger partial charge >= 0.3 is 11.9 Å². The van der Waals surface area contributed by atoms with Crippen molar-refractivity contribution >= 4 is 38.6 Å². The van der Waals surface area contributed by atoms with Crippen LogP contribution in [0.3, 0.4) is 0 Å². The lowest BCUT2D eigenvalue weighted by molar-refractivity contribution is 0.0695. The summed E-state index contributed by atoms with van der Waals surface area (Å²) in [6, 6.07) is 7.94. The van der Waals surface area contributed by atoms with E-state index in [0.29, 0.717) is 9.86 Å². The van der Waals surface area contributed by atoms with E-state index in [9.17, 15) is 9.59 Å². The normalized spacial score (nSPS) is 10.4. The number of carboxylic acids is 2. The third-order valence-corrected chi connectivity index (χ3v) is 3.10. The van der Waals surface area contributed by atoms with E-state index < -0.39 is 11.9 Å². The highest BCUT2D eigenvalue weighted by Crippen LogP contribution is 2.29. The Kier molecular flexibility index (Phi) is 2.85. The van der Waals surface area contributed by atoms with E-state index in [1.54, 1.807) is 24.3 Å². The van der Waals surface area contributed by atoms with Gasteiger partial charge in [0.05, 0.1) is 11.1 Å². The highest BCUT2D eigenvalue weighted by molar-refractivity contribution is 9.10. The second kappa shape index (κ2) is 4.18. The minimum atomic E-state index is -1.16. The number of rotatable bonds is 2. The average Bonchev–Trinajstić information content (AvgIpc) is 2.27. The standard InChI is InChI=1S/C12H7BrO4/c13-8-5-4-6-2-1-3-7(11(14)15)9(6)10(8)12(16)17/h1-5H,(H,14,15)(H,16,17). The van der Waals surface area contributed by atoms with Gasteiger partial charge in [-0.15, -0.1) is 0 Å². The maximum atomic E-state index is 11.2. The molecule has 0 spiro atoms. The molecule has 4 nitrogen and oxygen atoms in total. The lowest BCUT2D eigenvalue weighted by atomic mass is 9.99. The van der Waals surface area contributed by atoms with Crippen LogP contribution >= 0.6 is 15.9 Å². The van der Waals surface area contributed by atoms with Gasteiger partial charge in [-0.25, -0.2) is 9.59 Å². The van der Waals surface area contributed by atoms with Gasteiger partial charge in [0.15, 0.2) is 0 Å². The second-order valence-corrected chi connectivity index (χ2v) is 4.29. The third kappa shape index (κ3) is 1.89. The first-order chi connectivity index (χ1) is 8.02. The van der Waals surface area contributed by atoms with E-state index in [2.05, 4.69) is 15.9 Å². The molecule has 0 aliphatic rings. The molecular weight excluding hydrogens is 288 g/mol. The van der Waals surface area contributed by atoms with Gasteiger partial charge in [0.25, 0.3) is 0 Å². The Morgan fingerprint density at radius 2 is 1.71 bits per heavy atom. The van der Waals surface area contributed by atoms with Gasteiger partial charge < -0.3 is 10.2 Å². The van der Waals surface area contributed by atoms with Crippen molar-refractivity contribution in [1.82, 2.24) is 0 Å².